The first kappa shape index (κ1) is 20.3. The molecule has 0 radical (unpaired) electrons. The van der Waals surface area contributed by atoms with E-state index in [4.69, 9.17) is 9.15 Å². The van der Waals surface area contributed by atoms with E-state index in [1.165, 1.54) is 0 Å². The fraction of sp³-hybridized carbons (Fsp3) is 0.261. The fourth-order valence-corrected chi connectivity index (χ4v) is 2.99. The number of benzene rings is 1. The monoisotopic (exact) mass is 392 g/mol. The molecule has 150 valence electrons. The van der Waals surface area contributed by atoms with Crippen LogP contribution in [0.3, 0.4) is 0 Å². The number of hydrogen-bond donors (Lipinski definition) is 1. The second-order valence-corrected chi connectivity index (χ2v) is 7.03. The lowest BCUT2D eigenvalue weighted by Gasteiger charge is -2.10. The number of pyridine rings is 1. The van der Waals surface area contributed by atoms with Crippen LogP contribution in [0.25, 0.3) is 11.0 Å². The zero-order chi connectivity index (χ0) is 20.8. The summed E-state index contributed by atoms with van der Waals surface area (Å²) in [5, 5.41) is 3.67. The molecule has 0 aliphatic carbocycles. The maximum absolute atomic E-state index is 12.5. The van der Waals surface area contributed by atoms with Crippen LogP contribution >= 0.6 is 0 Å². The van der Waals surface area contributed by atoms with Gasteiger partial charge in [0.15, 0.2) is 0 Å². The molecule has 0 aliphatic heterocycles. The van der Waals surface area contributed by atoms with Crippen LogP contribution in [-0.2, 0) is 17.8 Å². The Labute approximate surface area is 169 Å². The van der Waals surface area contributed by atoms with Crippen molar-refractivity contribution in [2.75, 3.05) is 6.61 Å². The summed E-state index contributed by atoms with van der Waals surface area (Å²) < 4.78 is 11.1. The first-order valence-electron chi connectivity index (χ1n) is 9.43. The molecule has 0 saturated heterocycles. The Kier molecular flexibility index (Phi) is 6.44. The third-order valence-electron chi connectivity index (χ3n) is 4.56. The van der Waals surface area contributed by atoms with Crippen molar-refractivity contribution in [1.29, 1.82) is 0 Å². The van der Waals surface area contributed by atoms with Crippen LogP contribution < -0.4 is 15.7 Å². The minimum Gasteiger partial charge on any atom is -0.489 e. The van der Waals surface area contributed by atoms with E-state index in [2.05, 4.69) is 16.9 Å². The van der Waals surface area contributed by atoms with Crippen LogP contribution in [0.2, 0.25) is 0 Å². The van der Waals surface area contributed by atoms with Crippen LogP contribution in [0.4, 0.5) is 0 Å². The normalized spacial score (nSPS) is 10.7. The summed E-state index contributed by atoms with van der Waals surface area (Å²) in [6.07, 6.45) is 3.91. The van der Waals surface area contributed by atoms with Gasteiger partial charge in [0.1, 0.15) is 17.9 Å². The van der Waals surface area contributed by atoms with Gasteiger partial charge in [0, 0.05) is 42.4 Å². The molecule has 2 aromatic heterocycles. The topological polar surface area (TPSA) is 81.4 Å². The van der Waals surface area contributed by atoms with Gasteiger partial charge < -0.3 is 14.5 Å². The van der Waals surface area contributed by atoms with E-state index in [9.17, 15) is 9.59 Å². The number of amides is 1. The molecule has 3 aromatic rings. The van der Waals surface area contributed by atoms with Gasteiger partial charge in [0.2, 0.25) is 5.91 Å². The molecule has 3 rings (SSSR count). The van der Waals surface area contributed by atoms with E-state index in [0.717, 1.165) is 22.1 Å². The molecule has 2 heterocycles. The largest absolute Gasteiger partial charge is 0.489 e. The Bertz CT molecular complexity index is 1090. The second-order valence-electron chi connectivity index (χ2n) is 7.03. The smallest absolute Gasteiger partial charge is 0.339 e. The van der Waals surface area contributed by atoms with Crippen LogP contribution in [0, 0.1) is 6.92 Å². The Hall–Kier alpha value is -3.41. The molecule has 1 amide bonds. The standard InChI is InChI=1S/C23H24N2O4/c1-15(2)14-28-18-6-7-19-16(3)20(23(27)29-21(19)11-18)8-9-22(26)25-13-17-5-4-10-24-12-17/h4-7,10-12H,1,8-9,13-14H2,2-3H3,(H,25,26). The summed E-state index contributed by atoms with van der Waals surface area (Å²) >= 11 is 0. The molecule has 29 heavy (non-hydrogen) atoms. The van der Waals surface area contributed by atoms with E-state index in [1.807, 2.05) is 38.1 Å². The zero-order valence-corrected chi connectivity index (χ0v) is 16.7. The average molecular weight is 392 g/mol. The summed E-state index contributed by atoms with van der Waals surface area (Å²) in [5.41, 5.74) is 3.21. The number of fused-ring (bicyclic) bond motifs is 1. The number of aromatic nitrogens is 1. The second kappa shape index (κ2) is 9.19. The quantitative estimate of drug-likeness (QED) is 0.467. The van der Waals surface area contributed by atoms with Crippen LogP contribution in [0.5, 0.6) is 5.75 Å². The van der Waals surface area contributed by atoms with Crippen molar-refractivity contribution in [3.63, 3.8) is 0 Å². The molecular formula is C23H24N2O4. The summed E-state index contributed by atoms with van der Waals surface area (Å²) in [5.74, 6) is 0.488. The number of nitrogens with one attached hydrogen (secondary N) is 1. The van der Waals surface area contributed by atoms with Crippen molar-refractivity contribution in [3.05, 3.63) is 82.0 Å². The summed E-state index contributed by atoms with van der Waals surface area (Å²) in [7, 11) is 0. The van der Waals surface area contributed by atoms with Crippen molar-refractivity contribution in [3.8, 4) is 5.75 Å². The molecule has 0 unspecified atom stereocenters. The number of hydrogen-bond acceptors (Lipinski definition) is 5. The van der Waals surface area contributed by atoms with Crippen molar-refractivity contribution < 1.29 is 13.9 Å². The average Bonchev–Trinajstić information content (AvgIpc) is 2.71. The minimum atomic E-state index is -0.424. The third kappa shape index (κ3) is 5.31. The number of carbonyl (C=O) groups is 1. The van der Waals surface area contributed by atoms with Gasteiger partial charge in [-0.25, -0.2) is 4.79 Å². The summed E-state index contributed by atoms with van der Waals surface area (Å²) in [6.45, 7) is 8.37. The Morgan fingerprint density at radius 1 is 1.31 bits per heavy atom. The summed E-state index contributed by atoms with van der Waals surface area (Å²) in [4.78, 5) is 28.6. The van der Waals surface area contributed by atoms with Gasteiger partial charge in [0.05, 0.1) is 0 Å². The molecule has 0 spiro atoms. The number of nitrogens with zero attached hydrogens (tertiary/aromatic N) is 1. The number of rotatable bonds is 8. The highest BCUT2D eigenvalue weighted by atomic mass is 16.5. The zero-order valence-electron chi connectivity index (χ0n) is 16.7. The molecule has 1 N–H and O–H groups in total. The molecule has 1 aromatic carbocycles. The van der Waals surface area contributed by atoms with Crippen molar-refractivity contribution in [2.45, 2.75) is 33.2 Å². The van der Waals surface area contributed by atoms with E-state index < -0.39 is 5.63 Å². The maximum atomic E-state index is 12.5. The van der Waals surface area contributed by atoms with Gasteiger partial charge in [-0.05, 0) is 55.2 Å². The van der Waals surface area contributed by atoms with Gasteiger partial charge in [-0.1, -0.05) is 12.6 Å². The molecule has 0 aliphatic rings. The first-order valence-corrected chi connectivity index (χ1v) is 9.43. The highest BCUT2D eigenvalue weighted by Gasteiger charge is 2.14. The van der Waals surface area contributed by atoms with Gasteiger partial charge in [-0.15, -0.1) is 0 Å². The van der Waals surface area contributed by atoms with Crippen molar-refractivity contribution in [2.24, 2.45) is 0 Å². The predicted molar refractivity (Wildman–Crippen MR) is 112 cm³/mol. The number of carbonyl (C=O) groups excluding carboxylic acids is 1. The van der Waals surface area contributed by atoms with E-state index >= 15 is 0 Å². The van der Waals surface area contributed by atoms with Crippen LogP contribution in [-0.4, -0.2) is 17.5 Å². The third-order valence-corrected chi connectivity index (χ3v) is 4.56. The molecule has 0 saturated carbocycles. The van der Waals surface area contributed by atoms with Crippen LogP contribution in [0.15, 0.2) is 64.1 Å². The Morgan fingerprint density at radius 2 is 2.14 bits per heavy atom. The van der Waals surface area contributed by atoms with Gasteiger partial charge >= 0.3 is 5.63 Å². The highest BCUT2D eigenvalue weighted by molar-refractivity contribution is 5.82. The molecule has 0 fully saturated rings. The van der Waals surface area contributed by atoms with E-state index in [1.54, 1.807) is 18.5 Å². The Morgan fingerprint density at radius 3 is 2.86 bits per heavy atom. The van der Waals surface area contributed by atoms with Gasteiger partial charge in [-0.2, -0.15) is 0 Å². The number of ether oxygens (including phenoxy) is 1. The Balaban J connectivity index is 1.69. The van der Waals surface area contributed by atoms with E-state index in [-0.39, 0.29) is 12.3 Å². The van der Waals surface area contributed by atoms with Gasteiger partial charge in [0.25, 0.3) is 0 Å². The lowest BCUT2D eigenvalue weighted by molar-refractivity contribution is -0.121. The first-order chi connectivity index (χ1) is 13.9. The summed E-state index contributed by atoms with van der Waals surface area (Å²) in [6, 6.07) is 9.12. The molecule has 6 heteroatoms. The van der Waals surface area contributed by atoms with Gasteiger partial charge in [-0.3, -0.25) is 9.78 Å². The lowest BCUT2D eigenvalue weighted by Crippen LogP contribution is -2.24. The predicted octanol–water partition coefficient (Wildman–Crippen LogP) is 3.70. The van der Waals surface area contributed by atoms with Crippen LogP contribution in [0.1, 0.15) is 30.0 Å². The maximum Gasteiger partial charge on any atom is 0.339 e. The molecule has 0 atom stereocenters. The molecular weight excluding hydrogens is 368 g/mol. The minimum absolute atomic E-state index is 0.128. The fourth-order valence-electron chi connectivity index (χ4n) is 2.99. The lowest BCUT2D eigenvalue weighted by atomic mass is 10.0. The highest BCUT2D eigenvalue weighted by Crippen LogP contribution is 2.25. The SMILES string of the molecule is C=C(C)COc1ccc2c(C)c(CCC(=O)NCc3cccnc3)c(=O)oc2c1. The van der Waals surface area contributed by atoms with Crippen molar-refractivity contribution in [1.82, 2.24) is 10.3 Å². The van der Waals surface area contributed by atoms with E-state index in [0.29, 0.717) is 36.5 Å². The number of aryl methyl sites for hydroxylation is 1. The molecule has 0 bridgehead atoms. The van der Waals surface area contributed by atoms with Crippen molar-refractivity contribution >= 4 is 16.9 Å². The molecule has 6 nitrogen and oxygen atoms in total.